The van der Waals surface area contributed by atoms with Crippen molar-refractivity contribution in [2.24, 2.45) is 0 Å². The number of benzene rings is 2. The molecular formula is C19H23O4P. The Labute approximate surface area is 143 Å². The fourth-order valence-electron chi connectivity index (χ4n) is 2.67. The summed E-state index contributed by atoms with van der Waals surface area (Å²) < 4.78 is 24.7. The van der Waals surface area contributed by atoms with Crippen LogP contribution in [0.15, 0.2) is 48.5 Å². The number of hydrogen-bond acceptors (Lipinski definition) is 4. The van der Waals surface area contributed by atoms with E-state index in [1.54, 1.807) is 42.5 Å². The van der Waals surface area contributed by atoms with Gasteiger partial charge in [-0.3, -0.25) is 4.79 Å². The Kier molecular flexibility index (Phi) is 5.19. The highest BCUT2D eigenvalue weighted by Gasteiger charge is 2.47. The molecule has 0 spiro atoms. The lowest BCUT2D eigenvalue weighted by molar-refractivity contribution is 0.106. The van der Waals surface area contributed by atoms with Crippen LogP contribution < -0.4 is 14.8 Å². The minimum atomic E-state index is -3.45. The van der Waals surface area contributed by atoms with Gasteiger partial charge in [0.15, 0.2) is 7.14 Å². The highest BCUT2D eigenvalue weighted by molar-refractivity contribution is 7.88. The van der Waals surface area contributed by atoms with Crippen LogP contribution in [0, 0.1) is 0 Å². The summed E-state index contributed by atoms with van der Waals surface area (Å²) in [5, 5.41) is -0.201. The molecule has 0 fully saturated rings. The maximum absolute atomic E-state index is 14.0. The molecule has 0 N–H and O–H groups in total. The minimum absolute atomic E-state index is 0.226. The van der Waals surface area contributed by atoms with Crippen LogP contribution in [0.5, 0.6) is 11.5 Å². The van der Waals surface area contributed by atoms with Crippen LogP contribution in [0.3, 0.4) is 0 Å². The van der Waals surface area contributed by atoms with E-state index in [9.17, 15) is 9.36 Å². The van der Waals surface area contributed by atoms with Gasteiger partial charge < -0.3 is 14.0 Å². The van der Waals surface area contributed by atoms with Crippen molar-refractivity contribution in [1.82, 2.24) is 0 Å². The molecule has 0 aliphatic carbocycles. The highest BCUT2D eigenvalue weighted by atomic mass is 31.2. The van der Waals surface area contributed by atoms with Gasteiger partial charge in [-0.1, -0.05) is 57.2 Å². The number of carbonyl (C=O) groups excluding carboxylic acids is 1. The second-order valence-corrected chi connectivity index (χ2v) is 9.94. The van der Waals surface area contributed by atoms with Crippen molar-refractivity contribution < 1.29 is 18.8 Å². The van der Waals surface area contributed by atoms with Crippen molar-refractivity contribution in [3.63, 3.8) is 0 Å². The first kappa shape index (κ1) is 18.3. The van der Waals surface area contributed by atoms with Gasteiger partial charge in [0.05, 0.1) is 14.2 Å². The van der Waals surface area contributed by atoms with Gasteiger partial charge in [0.25, 0.3) is 0 Å². The van der Waals surface area contributed by atoms with E-state index >= 15 is 0 Å². The van der Waals surface area contributed by atoms with Crippen molar-refractivity contribution in [3.05, 3.63) is 54.1 Å². The van der Waals surface area contributed by atoms with Gasteiger partial charge in [-0.25, -0.2) is 0 Å². The minimum Gasteiger partial charge on any atom is -0.496 e. The molecule has 1 atom stereocenters. The zero-order valence-corrected chi connectivity index (χ0v) is 15.6. The van der Waals surface area contributed by atoms with E-state index in [0.717, 1.165) is 0 Å². The first-order valence-corrected chi connectivity index (χ1v) is 9.39. The Morgan fingerprint density at radius 2 is 1.38 bits per heavy atom. The number of carbonyl (C=O) groups is 1. The molecule has 2 aromatic rings. The molecule has 5 heteroatoms. The Morgan fingerprint density at radius 3 is 1.79 bits per heavy atom. The smallest absolute Gasteiger partial charge is 0.233 e. The standard InChI is InChI=1S/C19H23O4P/c1-19(2,3)24(21,14-10-7-6-8-11-14)18(20)17-15(22-4)12-9-13-16(17)23-5/h6-13H,1-5H3. The zero-order chi connectivity index (χ0) is 18.0. The van der Waals surface area contributed by atoms with Crippen molar-refractivity contribution >= 4 is 18.0 Å². The lowest BCUT2D eigenvalue weighted by Gasteiger charge is -2.31. The van der Waals surface area contributed by atoms with Gasteiger partial charge in [0.2, 0.25) is 5.52 Å². The van der Waals surface area contributed by atoms with Gasteiger partial charge in [-0.15, -0.1) is 0 Å². The zero-order valence-electron chi connectivity index (χ0n) is 14.7. The topological polar surface area (TPSA) is 52.6 Å². The average molecular weight is 346 g/mol. The fraction of sp³-hybridized carbons (Fsp3) is 0.316. The van der Waals surface area contributed by atoms with E-state index in [2.05, 4.69) is 0 Å². The summed E-state index contributed by atoms with van der Waals surface area (Å²) in [6.45, 7) is 5.46. The fourth-order valence-corrected chi connectivity index (χ4v) is 5.41. The SMILES string of the molecule is COc1cccc(OC)c1C(=O)P(=O)(c1ccccc1)C(C)(C)C. The van der Waals surface area contributed by atoms with Gasteiger partial charge >= 0.3 is 0 Å². The first-order valence-electron chi connectivity index (χ1n) is 7.69. The lowest BCUT2D eigenvalue weighted by atomic mass is 10.2. The lowest BCUT2D eigenvalue weighted by Crippen LogP contribution is -2.29. The van der Waals surface area contributed by atoms with E-state index in [1.165, 1.54) is 14.2 Å². The molecular weight excluding hydrogens is 323 g/mol. The number of ether oxygens (including phenoxy) is 2. The predicted octanol–water partition coefficient (Wildman–Crippen LogP) is 4.33. The number of hydrogen-bond donors (Lipinski definition) is 0. The molecule has 0 heterocycles. The summed E-state index contributed by atoms with van der Waals surface area (Å²) in [5.41, 5.74) is -0.222. The second kappa shape index (κ2) is 6.82. The van der Waals surface area contributed by atoms with Crippen LogP contribution in [0.1, 0.15) is 31.1 Å². The summed E-state index contributed by atoms with van der Waals surface area (Å²) in [4.78, 5) is 13.5. The van der Waals surface area contributed by atoms with E-state index in [1.807, 2.05) is 26.8 Å². The maximum atomic E-state index is 14.0. The largest absolute Gasteiger partial charge is 0.496 e. The molecule has 0 radical (unpaired) electrons. The molecule has 24 heavy (non-hydrogen) atoms. The van der Waals surface area contributed by atoms with Crippen LogP contribution >= 0.6 is 7.14 Å². The van der Waals surface area contributed by atoms with E-state index in [0.29, 0.717) is 16.8 Å². The van der Waals surface area contributed by atoms with Crippen molar-refractivity contribution in [3.8, 4) is 11.5 Å². The van der Waals surface area contributed by atoms with Crippen LogP contribution in [0.4, 0.5) is 0 Å². The summed E-state index contributed by atoms with van der Waals surface area (Å²) in [6, 6.07) is 14.0. The van der Waals surface area contributed by atoms with Crippen molar-refractivity contribution in [1.29, 1.82) is 0 Å². The van der Waals surface area contributed by atoms with Gasteiger partial charge in [0, 0.05) is 10.5 Å². The predicted molar refractivity (Wildman–Crippen MR) is 97.3 cm³/mol. The first-order chi connectivity index (χ1) is 11.3. The van der Waals surface area contributed by atoms with Crippen molar-refractivity contribution in [2.45, 2.75) is 25.9 Å². The monoisotopic (exact) mass is 346 g/mol. The molecule has 0 aliphatic rings. The van der Waals surface area contributed by atoms with E-state index in [-0.39, 0.29) is 5.56 Å². The van der Waals surface area contributed by atoms with E-state index in [4.69, 9.17) is 9.47 Å². The number of rotatable bonds is 5. The third-order valence-corrected chi connectivity index (χ3v) is 7.70. The van der Waals surface area contributed by atoms with E-state index < -0.39 is 17.8 Å². The summed E-state index contributed by atoms with van der Waals surface area (Å²) in [6.07, 6.45) is 0. The molecule has 0 saturated heterocycles. The molecule has 128 valence electrons. The summed E-state index contributed by atoms with van der Waals surface area (Å²) >= 11 is 0. The van der Waals surface area contributed by atoms with Crippen LogP contribution in [0.2, 0.25) is 0 Å². The Balaban J connectivity index is 2.75. The molecule has 1 unspecified atom stereocenters. The highest BCUT2D eigenvalue weighted by Crippen LogP contribution is 2.60. The molecule has 0 aromatic heterocycles. The Bertz CT molecular complexity index is 753. The van der Waals surface area contributed by atoms with Gasteiger partial charge in [-0.05, 0) is 12.1 Å². The molecule has 0 amide bonds. The van der Waals surface area contributed by atoms with Gasteiger partial charge in [0.1, 0.15) is 17.1 Å². The quantitative estimate of drug-likeness (QED) is 0.756. The molecule has 2 aromatic carbocycles. The molecule has 2 rings (SSSR count). The van der Waals surface area contributed by atoms with Crippen molar-refractivity contribution in [2.75, 3.05) is 14.2 Å². The van der Waals surface area contributed by atoms with Crippen LogP contribution in [-0.4, -0.2) is 24.9 Å². The third kappa shape index (κ3) is 2.99. The normalized spacial score (nSPS) is 13.9. The van der Waals surface area contributed by atoms with Gasteiger partial charge in [-0.2, -0.15) is 0 Å². The molecule has 0 aliphatic heterocycles. The molecule has 0 saturated carbocycles. The maximum Gasteiger partial charge on any atom is 0.233 e. The molecule has 4 nitrogen and oxygen atoms in total. The summed E-state index contributed by atoms with van der Waals surface area (Å²) in [7, 11) is -0.483. The third-order valence-electron chi connectivity index (χ3n) is 3.99. The average Bonchev–Trinajstić information content (AvgIpc) is 2.59. The Hall–Kier alpha value is -2.06. The summed E-state index contributed by atoms with van der Waals surface area (Å²) in [5.74, 6) is 0.722. The number of methoxy groups -OCH3 is 2. The Morgan fingerprint density at radius 1 is 0.875 bits per heavy atom. The van der Waals surface area contributed by atoms with Crippen LogP contribution in [-0.2, 0) is 4.57 Å². The van der Waals surface area contributed by atoms with Crippen LogP contribution in [0.25, 0.3) is 0 Å². The molecule has 0 bridgehead atoms. The second-order valence-electron chi connectivity index (χ2n) is 6.46.